The van der Waals surface area contributed by atoms with Gasteiger partial charge in [-0.3, -0.25) is 0 Å². The average molecular weight is 260 g/mol. The Balaban J connectivity index is 2.40. The smallest absolute Gasteiger partial charge is 0.327 e. The first kappa shape index (κ1) is 12.7. The van der Waals surface area contributed by atoms with Gasteiger partial charge in [-0.2, -0.15) is 0 Å². The number of rotatable bonds is 2. The maximum Gasteiger partial charge on any atom is 0.327 e. The molecule has 1 atom stereocenters. The number of aliphatic carboxylic acids is 1. The zero-order valence-electron chi connectivity index (χ0n) is 9.29. The van der Waals surface area contributed by atoms with E-state index in [0.29, 0.717) is 6.54 Å². The molecule has 1 aliphatic heterocycles. The number of hydrogen-bond acceptors (Lipinski definition) is 3. The van der Waals surface area contributed by atoms with Crippen LogP contribution in [0, 0.1) is 17.5 Å². The Morgan fingerprint density at radius 3 is 2.72 bits per heavy atom. The maximum absolute atomic E-state index is 13.6. The lowest BCUT2D eigenvalue weighted by Crippen LogP contribution is -2.55. The summed E-state index contributed by atoms with van der Waals surface area (Å²) in [6.45, 7) is 0.773. The third kappa shape index (κ3) is 2.13. The van der Waals surface area contributed by atoms with Crippen LogP contribution in [0.4, 0.5) is 18.9 Å². The molecule has 1 aromatic carbocycles. The average Bonchev–Trinajstić information content (AvgIpc) is 2.36. The monoisotopic (exact) mass is 260 g/mol. The lowest BCUT2D eigenvalue weighted by Gasteiger charge is -2.35. The van der Waals surface area contributed by atoms with Crippen LogP contribution in [0.2, 0.25) is 0 Å². The van der Waals surface area contributed by atoms with Crippen LogP contribution in [0.25, 0.3) is 0 Å². The predicted molar refractivity (Wildman–Crippen MR) is 58.0 cm³/mol. The van der Waals surface area contributed by atoms with Crippen LogP contribution >= 0.6 is 0 Å². The first-order chi connectivity index (χ1) is 8.52. The summed E-state index contributed by atoms with van der Waals surface area (Å²) >= 11 is 0. The van der Waals surface area contributed by atoms with Gasteiger partial charge in [-0.1, -0.05) is 0 Å². The molecule has 1 fully saturated rings. The van der Waals surface area contributed by atoms with Crippen LogP contribution in [-0.4, -0.2) is 36.8 Å². The zero-order valence-corrected chi connectivity index (χ0v) is 9.29. The molecule has 1 heterocycles. The molecule has 0 amide bonds. The number of nitrogens with zero attached hydrogens (tertiary/aromatic N) is 1. The van der Waals surface area contributed by atoms with Gasteiger partial charge < -0.3 is 15.3 Å². The summed E-state index contributed by atoms with van der Waals surface area (Å²) in [5, 5.41) is 11.9. The second-order valence-electron chi connectivity index (χ2n) is 3.95. The summed E-state index contributed by atoms with van der Waals surface area (Å²) in [6, 6.07) is 0.835. The van der Waals surface area contributed by atoms with Gasteiger partial charge in [0.1, 0.15) is 6.04 Å². The molecule has 2 rings (SSSR count). The molecule has 0 radical (unpaired) electrons. The van der Waals surface area contributed by atoms with Gasteiger partial charge in [0.25, 0.3) is 0 Å². The Kier molecular flexibility index (Phi) is 3.42. The standard InChI is InChI=1S/C11H11F3N2O2/c12-6-1-2-7(10(14)9(6)13)16-4-3-15-5-8(16)11(17)18/h1-2,8,15H,3-5H2,(H,17,18). The number of carboxylic acids is 1. The molecule has 18 heavy (non-hydrogen) atoms. The number of halogens is 3. The van der Waals surface area contributed by atoms with Gasteiger partial charge in [0.15, 0.2) is 17.5 Å². The SMILES string of the molecule is O=C(O)C1CNCCN1c1ccc(F)c(F)c1F. The van der Waals surface area contributed by atoms with Crippen molar-refractivity contribution in [2.45, 2.75) is 6.04 Å². The van der Waals surface area contributed by atoms with Crippen molar-refractivity contribution in [2.24, 2.45) is 0 Å². The highest BCUT2D eigenvalue weighted by molar-refractivity contribution is 5.79. The van der Waals surface area contributed by atoms with E-state index in [1.165, 1.54) is 4.90 Å². The summed E-state index contributed by atoms with van der Waals surface area (Å²) < 4.78 is 39.6. The Hall–Kier alpha value is -1.76. The second kappa shape index (κ2) is 4.85. The fourth-order valence-corrected chi connectivity index (χ4v) is 1.95. The van der Waals surface area contributed by atoms with Crippen LogP contribution < -0.4 is 10.2 Å². The fraction of sp³-hybridized carbons (Fsp3) is 0.364. The van der Waals surface area contributed by atoms with E-state index in [-0.39, 0.29) is 18.8 Å². The minimum Gasteiger partial charge on any atom is -0.480 e. The summed E-state index contributed by atoms with van der Waals surface area (Å²) in [5.41, 5.74) is -0.234. The number of carboxylic acid groups (broad SMARTS) is 1. The molecular weight excluding hydrogens is 249 g/mol. The molecule has 1 aliphatic rings. The van der Waals surface area contributed by atoms with Crippen LogP contribution in [0.1, 0.15) is 0 Å². The van der Waals surface area contributed by atoms with Crippen LogP contribution in [0.3, 0.4) is 0 Å². The van der Waals surface area contributed by atoms with Crippen LogP contribution in [0.15, 0.2) is 12.1 Å². The molecule has 1 unspecified atom stereocenters. The zero-order chi connectivity index (χ0) is 13.3. The third-order valence-corrected chi connectivity index (χ3v) is 2.85. The first-order valence-corrected chi connectivity index (χ1v) is 5.36. The van der Waals surface area contributed by atoms with Crippen molar-refractivity contribution in [3.05, 3.63) is 29.6 Å². The van der Waals surface area contributed by atoms with Gasteiger partial charge in [-0.25, -0.2) is 18.0 Å². The topological polar surface area (TPSA) is 52.6 Å². The molecule has 0 spiro atoms. The van der Waals surface area contributed by atoms with Crippen molar-refractivity contribution in [1.29, 1.82) is 0 Å². The van der Waals surface area contributed by atoms with E-state index in [9.17, 15) is 18.0 Å². The summed E-state index contributed by atoms with van der Waals surface area (Å²) in [4.78, 5) is 12.2. The normalized spacial score (nSPS) is 19.9. The highest BCUT2D eigenvalue weighted by Crippen LogP contribution is 2.25. The molecule has 1 saturated heterocycles. The van der Waals surface area contributed by atoms with E-state index in [1.807, 2.05) is 0 Å². The molecular formula is C11H11F3N2O2. The summed E-state index contributed by atoms with van der Waals surface area (Å²) in [6.07, 6.45) is 0. The highest BCUT2D eigenvalue weighted by Gasteiger charge is 2.31. The number of piperazine rings is 1. The number of nitrogens with one attached hydrogen (secondary N) is 1. The van der Waals surface area contributed by atoms with Gasteiger partial charge in [0.2, 0.25) is 0 Å². The molecule has 1 aromatic rings. The molecule has 2 N–H and O–H groups in total. The van der Waals surface area contributed by atoms with Crippen molar-refractivity contribution in [3.8, 4) is 0 Å². The van der Waals surface area contributed by atoms with E-state index >= 15 is 0 Å². The molecule has 4 nitrogen and oxygen atoms in total. The van der Waals surface area contributed by atoms with Crippen molar-refractivity contribution < 1.29 is 23.1 Å². The van der Waals surface area contributed by atoms with E-state index in [1.54, 1.807) is 0 Å². The van der Waals surface area contributed by atoms with Crippen LogP contribution in [0.5, 0.6) is 0 Å². The van der Waals surface area contributed by atoms with Gasteiger partial charge in [0, 0.05) is 19.6 Å². The van der Waals surface area contributed by atoms with Gasteiger partial charge >= 0.3 is 5.97 Å². The molecule has 0 aromatic heterocycles. The van der Waals surface area contributed by atoms with E-state index in [0.717, 1.165) is 12.1 Å². The highest BCUT2D eigenvalue weighted by atomic mass is 19.2. The van der Waals surface area contributed by atoms with Crippen molar-refractivity contribution in [1.82, 2.24) is 5.32 Å². The molecule has 0 saturated carbocycles. The fourth-order valence-electron chi connectivity index (χ4n) is 1.95. The van der Waals surface area contributed by atoms with Crippen LogP contribution in [-0.2, 0) is 4.79 Å². The molecule has 98 valence electrons. The second-order valence-corrected chi connectivity index (χ2v) is 3.95. The van der Waals surface area contributed by atoms with Crippen molar-refractivity contribution >= 4 is 11.7 Å². The first-order valence-electron chi connectivity index (χ1n) is 5.36. The van der Waals surface area contributed by atoms with Gasteiger partial charge in [0.05, 0.1) is 5.69 Å². The van der Waals surface area contributed by atoms with Gasteiger partial charge in [-0.15, -0.1) is 0 Å². The number of hydrogen-bond donors (Lipinski definition) is 2. The minimum atomic E-state index is -1.59. The summed E-state index contributed by atoms with van der Waals surface area (Å²) in [5.74, 6) is -5.39. The molecule has 0 bridgehead atoms. The van der Waals surface area contributed by atoms with Crippen molar-refractivity contribution in [3.63, 3.8) is 0 Å². The lowest BCUT2D eigenvalue weighted by atomic mass is 10.1. The number of benzene rings is 1. The van der Waals surface area contributed by atoms with E-state index in [4.69, 9.17) is 5.11 Å². The predicted octanol–water partition coefficient (Wildman–Crippen LogP) is 0.967. The van der Waals surface area contributed by atoms with Gasteiger partial charge in [-0.05, 0) is 12.1 Å². The third-order valence-electron chi connectivity index (χ3n) is 2.85. The maximum atomic E-state index is 13.6. The van der Waals surface area contributed by atoms with Crippen molar-refractivity contribution in [2.75, 3.05) is 24.5 Å². The van der Waals surface area contributed by atoms with E-state index < -0.39 is 29.5 Å². The molecule has 7 heteroatoms. The Bertz CT molecular complexity index is 482. The summed E-state index contributed by atoms with van der Waals surface area (Å²) in [7, 11) is 0. The Morgan fingerprint density at radius 2 is 2.06 bits per heavy atom. The Morgan fingerprint density at radius 1 is 1.33 bits per heavy atom. The molecule has 0 aliphatic carbocycles. The number of anilines is 1. The quantitative estimate of drug-likeness (QED) is 0.778. The Labute approximate surface area is 101 Å². The number of carbonyl (C=O) groups is 1. The minimum absolute atomic E-state index is 0.119. The van der Waals surface area contributed by atoms with E-state index in [2.05, 4.69) is 5.32 Å². The largest absolute Gasteiger partial charge is 0.480 e. The lowest BCUT2D eigenvalue weighted by molar-refractivity contribution is -0.138.